The van der Waals surface area contributed by atoms with Gasteiger partial charge in [0.15, 0.2) is 11.6 Å². The standard InChI is InChI=1S/C24H25ClF2N4O6/c25-23-15(4-2-6-19(23)27)10-28-11-22(34)29-17(8-18(33)12-32)13-36-24(35)30-21-9-20(37-31-21)14-3-1-5-16(26)7-14/h1-7,9,17-18,28,32-33H,8,10-13H2,(H,29,34)(H,30,31,35). The summed E-state index contributed by atoms with van der Waals surface area (Å²) in [6.45, 7) is -0.940. The van der Waals surface area contributed by atoms with Gasteiger partial charge in [-0.3, -0.25) is 10.1 Å². The van der Waals surface area contributed by atoms with Crippen molar-refractivity contribution in [1.82, 2.24) is 15.8 Å². The van der Waals surface area contributed by atoms with E-state index in [1.54, 1.807) is 12.1 Å². The van der Waals surface area contributed by atoms with Crippen molar-refractivity contribution < 1.29 is 37.8 Å². The Kier molecular flexibility index (Phi) is 10.3. The van der Waals surface area contributed by atoms with Crippen molar-refractivity contribution in [1.29, 1.82) is 0 Å². The van der Waals surface area contributed by atoms with E-state index < -0.39 is 42.4 Å². The van der Waals surface area contributed by atoms with Crippen LogP contribution in [0.4, 0.5) is 19.4 Å². The molecule has 5 N–H and O–H groups in total. The number of benzene rings is 2. The summed E-state index contributed by atoms with van der Waals surface area (Å²) in [5.41, 5.74) is 0.887. The van der Waals surface area contributed by atoms with Crippen molar-refractivity contribution in [2.24, 2.45) is 0 Å². The number of anilines is 1. The lowest BCUT2D eigenvalue weighted by Gasteiger charge is -2.21. The zero-order valence-electron chi connectivity index (χ0n) is 19.4. The lowest BCUT2D eigenvalue weighted by Crippen LogP contribution is -2.45. The minimum atomic E-state index is -1.17. The maximum atomic E-state index is 13.5. The molecule has 1 heterocycles. The van der Waals surface area contributed by atoms with E-state index in [4.69, 9.17) is 26.0 Å². The average molecular weight is 539 g/mol. The van der Waals surface area contributed by atoms with E-state index in [-0.39, 0.29) is 42.7 Å². The number of nitrogens with one attached hydrogen (secondary N) is 3. The van der Waals surface area contributed by atoms with Crippen molar-refractivity contribution in [2.75, 3.05) is 25.1 Å². The average Bonchev–Trinajstić information content (AvgIpc) is 3.33. The van der Waals surface area contributed by atoms with Crippen LogP contribution >= 0.6 is 11.6 Å². The van der Waals surface area contributed by atoms with Crippen LogP contribution in [0, 0.1) is 11.6 Å². The summed E-state index contributed by atoms with van der Waals surface area (Å²) in [7, 11) is 0. The first-order valence-corrected chi connectivity index (χ1v) is 11.5. The second-order valence-corrected chi connectivity index (χ2v) is 8.34. The number of carbonyl (C=O) groups is 2. The van der Waals surface area contributed by atoms with Crippen LogP contribution < -0.4 is 16.0 Å². The summed E-state index contributed by atoms with van der Waals surface area (Å²) in [5.74, 6) is -1.30. The number of hydrogen-bond acceptors (Lipinski definition) is 8. The third kappa shape index (κ3) is 8.79. The minimum absolute atomic E-state index is 0.0143. The van der Waals surface area contributed by atoms with E-state index in [2.05, 4.69) is 21.1 Å². The number of aliphatic hydroxyl groups is 2. The molecule has 2 amide bonds. The zero-order chi connectivity index (χ0) is 26.8. The molecule has 0 aliphatic rings. The molecule has 0 aliphatic carbocycles. The molecule has 0 saturated carbocycles. The second kappa shape index (κ2) is 13.7. The number of hydrogen-bond donors (Lipinski definition) is 5. The molecule has 198 valence electrons. The van der Waals surface area contributed by atoms with E-state index in [1.807, 2.05) is 0 Å². The monoisotopic (exact) mass is 538 g/mol. The Labute approximate surface area is 215 Å². The van der Waals surface area contributed by atoms with E-state index >= 15 is 0 Å². The SMILES string of the molecule is O=C(CNCc1cccc(F)c1Cl)NC(COC(=O)Nc1cc(-c2cccc(F)c2)on1)CC(O)CO. The van der Waals surface area contributed by atoms with Gasteiger partial charge in [-0.25, -0.2) is 13.6 Å². The van der Waals surface area contributed by atoms with Gasteiger partial charge in [0.05, 0.1) is 30.3 Å². The summed E-state index contributed by atoms with van der Waals surface area (Å²) in [5, 5.41) is 30.3. The largest absolute Gasteiger partial charge is 0.447 e. The summed E-state index contributed by atoms with van der Waals surface area (Å²) < 4.78 is 37.1. The quantitative estimate of drug-likeness (QED) is 0.237. The first-order chi connectivity index (χ1) is 17.7. The molecule has 10 nitrogen and oxygen atoms in total. The van der Waals surface area contributed by atoms with Crippen LogP contribution in [0.3, 0.4) is 0 Å². The van der Waals surface area contributed by atoms with Crippen LogP contribution in [0.25, 0.3) is 11.3 Å². The molecular formula is C24H25ClF2N4O6. The molecule has 2 unspecified atom stereocenters. The smallest absolute Gasteiger partial charge is 0.412 e. The first kappa shape index (κ1) is 28.0. The van der Waals surface area contributed by atoms with E-state index in [9.17, 15) is 23.5 Å². The number of rotatable bonds is 12. The van der Waals surface area contributed by atoms with Crippen molar-refractivity contribution in [3.8, 4) is 11.3 Å². The molecule has 1 aromatic heterocycles. The molecule has 0 fully saturated rings. The van der Waals surface area contributed by atoms with Crippen LogP contribution in [-0.2, 0) is 16.1 Å². The topological polar surface area (TPSA) is 146 Å². The van der Waals surface area contributed by atoms with Crippen LogP contribution in [0.1, 0.15) is 12.0 Å². The lowest BCUT2D eigenvalue weighted by molar-refractivity contribution is -0.121. The van der Waals surface area contributed by atoms with Gasteiger partial charge >= 0.3 is 6.09 Å². The van der Waals surface area contributed by atoms with Gasteiger partial charge in [-0.05, 0) is 30.2 Å². The van der Waals surface area contributed by atoms with Crippen LogP contribution in [0.15, 0.2) is 53.1 Å². The normalized spacial score (nSPS) is 12.6. The third-order valence-electron chi connectivity index (χ3n) is 5.03. The van der Waals surface area contributed by atoms with Gasteiger partial charge in [-0.1, -0.05) is 41.0 Å². The summed E-state index contributed by atoms with van der Waals surface area (Å²) in [6.07, 6.45) is -2.19. The number of amides is 2. The fourth-order valence-corrected chi connectivity index (χ4v) is 3.47. The molecular weight excluding hydrogens is 514 g/mol. The fraction of sp³-hybridized carbons (Fsp3) is 0.292. The van der Waals surface area contributed by atoms with E-state index in [1.165, 1.54) is 36.4 Å². The highest BCUT2D eigenvalue weighted by molar-refractivity contribution is 6.31. The Morgan fingerprint density at radius 2 is 1.95 bits per heavy atom. The van der Waals surface area contributed by atoms with Crippen molar-refractivity contribution >= 4 is 29.4 Å². The zero-order valence-corrected chi connectivity index (χ0v) is 20.2. The molecule has 0 spiro atoms. The van der Waals surface area contributed by atoms with Gasteiger partial charge in [-0.2, -0.15) is 0 Å². The van der Waals surface area contributed by atoms with E-state index in [0.717, 1.165) is 0 Å². The molecule has 0 aliphatic heterocycles. The number of halogens is 3. The Bertz CT molecular complexity index is 1210. The molecule has 0 radical (unpaired) electrons. The maximum absolute atomic E-state index is 13.5. The summed E-state index contributed by atoms with van der Waals surface area (Å²) in [4.78, 5) is 24.5. The Hall–Kier alpha value is -3.58. The molecule has 3 rings (SSSR count). The lowest BCUT2D eigenvalue weighted by atomic mass is 10.1. The molecule has 13 heteroatoms. The van der Waals surface area contributed by atoms with Gasteiger partial charge in [0.25, 0.3) is 0 Å². The van der Waals surface area contributed by atoms with Gasteiger partial charge in [0.1, 0.15) is 18.2 Å². The number of aliphatic hydroxyl groups excluding tert-OH is 2. The fourth-order valence-electron chi connectivity index (χ4n) is 3.27. The molecule has 0 bridgehead atoms. The van der Waals surface area contributed by atoms with Gasteiger partial charge in [0.2, 0.25) is 5.91 Å². The van der Waals surface area contributed by atoms with Crippen LogP contribution in [0.2, 0.25) is 5.02 Å². The number of carbonyl (C=O) groups excluding carboxylic acids is 2. The minimum Gasteiger partial charge on any atom is -0.447 e. The van der Waals surface area contributed by atoms with Gasteiger partial charge in [0, 0.05) is 18.2 Å². The molecule has 2 aromatic carbocycles. The maximum Gasteiger partial charge on any atom is 0.412 e. The third-order valence-corrected chi connectivity index (χ3v) is 5.45. The summed E-state index contributed by atoms with van der Waals surface area (Å²) >= 11 is 5.89. The van der Waals surface area contributed by atoms with Crippen molar-refractivity contribution in [3.63, 3.8) is 0 Å². The first-order valence-electron chi connectivity index (χ1n) is 11.1. The predicted octanol–water partition coefficient (Wildman–Crippen LogP) is 2.84. The van der Waals surface area contributed by atoms with E-state index in [0.29, 0.717) is 11.1 Å². The van der Waals surface area contributed by atoms with Gasteiger partial charge in [-0.15, -0.1) is 0 Å². The number of nitrogens with zero attached hydrogens (tertiary/aromatic N) is 1. The van der Waals surface area contributed by atoms with Crippen LogP contribution in [-0.4, -0.2) is 59.3 Å². The van der Waals surface area contributed by atoms with Crippen molar-refractivity contribution in [2.45, 2.75) is 25.1 Å². The Morgan fingerprint density at radius 3 is 2.70 bits per heavy atom. The Balaban J connectivity index is 1.49. The second-order valence-electron chi connectivity index (χ2n) is 7.96. The molecule has 2 atom stereocenters. The highest BCUT2D eigenvalue weighted by Gasteiger charge is 2.19. The predicted molar refractivity (Wildman–Crippen MR) is 130 cm³/mol. The molecule has 37 heavy (non-hydrogen) atoms. The molecule has 0 saturated heterocycles. The summed E-state index contributed by atoms with van der Waals surface area (Å²) in [6, 6.07) is 10.5. The highest BCUT2D eigenvalue weighted by Crippen LogP contribution is 2.23. The highest BCUT2D eigenvalue weighted by atomic mass is 35.5. The number of ether oxygens (including phenoxy) is 1. The van der Waals surface area contributed by atoms with Crippen molar-refractivity contribution in [3.05, 3.63) is 70.8 Å². The van der Waals surface area contributed by atoms with Crippen LogP contribution in [0.5, 0.6) is 0 Å². The number of aromatic nitrogens is 1. The molecule has 3 aromatic rings. The van der Waals surface area contributed by atoms with Gasteiger partial charge < -0.3 is 30.1 Å². The Morgan fingerprint density at radius 1 is 1.16 bits per heavy atom.